The van der Waals surface area contributed by atoms with Gasteiger partial charge in [0, 0.05) is 48.3 Å². The Labute approximate surface area is 149 Å². The van der Waals surface area contributed by atoms with E-state index in [2.05, 4.69) is 65.8 Å². The highest BCUT2D eigenvalue weighted by atomic mass is 15.1. The van der Waals surface area contributed by atoms with Crippen LogP contribution in [0, 0.1) is 13.8 Å². The molecule has 0 spiro atoms. The number of imidazole rings is 1. The molecular formula is C21H24N4. The Balaban J connectivity index is 1.77. The van der Waals surface area contributed by atoms with E-state index in [1.165, 1.54) is 11.3 Å². The second-order valence-electron chi connectivity index (χ2n) is 7.67. The van der Waals surface area contributed by atoms with Crippen molar-refractivity contribution < 1.29 is 0 Å². The maximum atomic E-state index is 4.80. The van der Waals surface area contributed by atoms with Crippen LogP contribution in [0.15, 0.2) is 42.7 Å². The smallest absolute Gasteiger partial charge is 0.110 e. The minimum Gasteiger partial charge on any atom is -0.373 e. The molecule has 0 unspecified atom stereocenters. The number of hydrogen-bond donors (Lipinski definition) is 0. The maximum absolute atomic E-state index is 4.80. The van der Waals surface area contributed by atoms with E-state index in [4.69, 9.17) is 4.98 Å². The van der Waals surface area contributed by atoms with Gasteiger partial charge in [0.2, 0.25) is 0 Å². The predicted octanol–water partition coefficient (Wildman–Crippen LogP) is 4.28. The molecule has 25 heavy (non-hydrogen) atoms. The molecule has 0 atom stereocenters. The fraction of sp³-hybridized carbons (Fsp3) is 0.333. The summed E-state index contributed by atoms with van der Waals surface area (Å²) in [7, 11) is 2.17. The van der Waals surface area contributed by atoms with Crippen molar-refractivity contribution in [2.75, 3.05) is 18.5 Å². The lowest BCUT2D eigenvalue weighted by molar-refractivity contribution is 0.563. The molecule has 0 radical (unpaired) electrons. The van der Waals surface area contributed by atoms with Gasteiger partial charge in [0.15, 0.2) is 0 Å². The molecule has 2 aromatic heterocycles. The first-order valence-electron chi connectivity index (χ1n) is 8.70. The van der Waals surface area contributed by atoms with E-state index >= 15 is 0 Å². The minimum atomic E-state index is 0.201. The average Bonchev–Trinajstić information content (AvgIpc) is 3.05. The first-order valence-corrected chi connectivity index (χ1v) is 8.70. The van der Waals surface area contributed by atoms with Gasteiger partial charge in [0.1, 0.15) is 5.82 Å². The topological polar surface area (TPSA) is 34.0 Å². The average molecular weight is 332 g/mol. The van der Waals surface area contributed by atoms with E-state index in [9.17, 15) is 0 Å². The van der Waals surface area contributed by atoms with Crippen molar-refractivity contribution >= 4 is 5.69 Å². The SMILES string of the molecule is Cc1cc(-n2cc(-c3ccc4c(c3)N(C)CC4(C)C)nc2C)ccn1. The van der Waals surface area contributed by atoms with Gasteiger partial charge < -0.3 is 9.47 Å². The standard InChI is InChI=1S/C21H24N4/c1-14-10-17(8-9-22-14)25-12-19(23-15(25)2)16-6-7-18-20(11-16)24(5)13-21(18,3)4/h6-12H,13H2,1-5H3. The van der Waals surface area contributed by atoms with Gasteiger partial charge in [-0.15, -0.1) is 0 Å². The van der Waals surface area contributed by atoms with Crippen molar-refractivity contribution in [1.29, 1.82) is 0 Å². The van der Waals surface area contributed by atoms with Crippen LogP contribution in [0.2, 0.25) is 0 Å². The Morgan fingerprint density at radius 2 is 1.88 bits per heavy atom. The van der Waals surface area contributed by atoms with Crippen molar-refractivity contribution in [2.24, 2.45) is 0 Å². The summed E-state index contributed by atoms with van der Waals surface area (Å²) >= 11 is 0. The van der Waals surface area contributed by atoms with Gasteiger partial charge in [-0.25, -0.2) is 4.98 Å². The number of likely N-dealkylation sites (N-methyl/N-ethyl adjacent to an activating group) is 1. The van der Waals surface area contributed by atoms with Crippen LogP contribution in [0.1, 0.15) is 30.9 Å². The van der Waals surface area contributed by atoms with Gasteiger partial charge in [-0.2, -0.15) is 0 Å². The maximum Gasteiger partial charge on any atom is 0.110 e. The number of pyridine rings is 1. The zero-order valence-corrected chi connectivity index (χ0v) is 15.5. The number of nitrogens with zero attached hydrogens (tertiary/aromatic N) is 4. The third kappa shape index (κ3) is 2.62. The second kappa shape index (κ2) is 5.45. The van der Waals surface area contributed by atoms with E-state index in [0.717, 1.165) is 35.0 Å². The molecule has 3 aromatic rings. The third-order valence-electron chi connectivity index (χ3n) is 5.11. The fourth-order valence-corrected chi connectivity index (χ4v) is 3.90. The van der Waals surface area contributed by atoms with E-state index in [1.54, 1.807) is 0 Å². The molecule has 1 aliphatic heterocycles. The highest BCUT2D eigenvalue weighted by Crippen LogP contribution is 2.41. The Kier molecular flexibility index (Phi) is 3.46. The summed E-state index contributed by atoms with van der Waals surface area (Å²) in [6.07, 6.45) is 3.96. The number of fused-ring (bicyclic) bond motifs is 1. The lowest BCUT2D eigenvalue weighted by Crippen LogP contribution is -2.24. The van der Waals surface area contributed by atoms with Crippen molar-refractivity contribution in [3.05, 3.63) is 59.8 Å². The van der Waals surface area contributed by atoms with Gasteiger partial charge in [0.05, 0.1) is 11.4 Å². The Morgan fingerprint density at radius 3 is 2.64 bits per heavy atom. The summed E-state index contributed by atoms with van der Waals surface area (Å²) < 4.78 is 2.13. The first kappa shape index (κ1) is 15.9. The number of hydrogen-bond acceptors (Lipinski definition) is 3. The van der Waals surface area contributed by atoms with E-state index < -0.39 is 0 Å². The predicted molar refractivity (Wildman–Crippen MR) is 103 cm³/mol. The summed E-state index contributed by atoms with van der Waals surface area (Å²) in [5.41, 5.74) is 7.21. The zero-order valence-electron chi connectivity index (χ0n) is 15.5. The monoisotopic (exact) mass is 332 g/mol. The normalized spacial score (nSPS) is 15.5. The Bertz CT molecular complexity index is 952. The van der Waals surface area contributed by atoms with Gasteiger partial charge >= 0.3 is 0 Å². The van der Waals surface area contributed by atoms with Crippen molar-refractivity contribution in [3.8, 4) is 16.9 Å². The highest BCUT2D eigenvalue weighted by molar-refractivity contribution is 5.72. The summed E-state index contributed by atoms with van der Waals surface area (Å²) in [6, 6.07) is 10.8. The molecule has 0 fully saturated rings. The molecule has 0 N–H and O–H groups in total. The number of rotatable bonds is 2. The molecule has 0 saturated heterocycles. The van der Waals surface area contributed by atoms with Crippen LogP contribution in [0.25, 0.3) is 16.9 Å². The lowest BCUT2D eigenvalue weighted by atomic mass is 9.86. The minimum absolute atomic E-state index is 0.201. The van der Waals surface area contributed by atoms with Crippen LogP contribution in [0.4, 0.5) is 5.69 Å². The molecule has 4 heteroatoms. The Morgan fingerprint density at radius 1 is 1.08 bits per heavy atom. The zero-order chi connectivity index (χ0) is 17.8. The summed E-state index contributed by atoms with van der Waals surface area (Å²) in [4.78, 5) is 11.4. The molecule has 0 bridgehead atoms. The molecule has 4 nitrogen and oxygen atoms in total. The highest BCUT2D eigenvalue weighted by Gasteiger charge is 2.33. The van der Waals surface area contributed by atoms with Crippen molar-refractivity contribution in [2.45, 2.75) is 33.1 Å². The van der Waals surface area contributed by atoms with Crippen molar-refractivity contribution in [3.63, 3.8) is 0 Å². The number of anilines is 1. The van der Waals surface area contributed by atoms with Gasteiger partial charge in [-0.05, 0) is 37.6 Å². The number of aryl methyl sites for hydroxylation is 2. The summed E-state index contributed by atoms with van der Waals surface area (Å²) in [5, 5.41) is 0. The molecule has 1 aromatic carbocycles. The number of aromatic nitrogens is 3. The second-order valence-corrected chi connectivity index (χ2v) is 7.67. The van der Waals surface area contributed by atoms with E-state index in [0.29, 0.717) is 0 Å². The molecular weight excluding hydrogens is 308 g/mol. The molecule has 128 valence electrons. The molecule has 4 rings (SSSR count). The fourth-order valence-electron chi connectivity index (χ4n) is 3.90. The van der Waals surface area contributed by atoms with Gasteiger partial charge in [-0.3, -0.25) is 4.98 Å². The van der Waals surface area contributed by atoms with Crippen LogP contribution >= 0.6 is 0 Å². The molecule has 0 amide bonds. The van der Waals surface area contributed by atoms with Gasteiger partial charge in [0.25, 0.3) is 0 Å². The lowest BCUT2D eigenvalue weighted by Gasteiger charge is -2.18. The van der Waals surface area contributed by atoms with E-state index in [1.807, 2.05) is 26.1 Å². The quantitative estimate of drug-likeness (QED) is 0.702. The van der Waals surface area contributed by atoms with Crippen molar-refractivity contribution in [1.82, 2.24) is 14.5 Å². The molecule has 0 saturated carbocycles. The van der Waals surface area contributed by atoms with E-state index in [-0.39, 0.29) is 5.41 Å². The van der Waals surface area contributed by atoms with Crippen LogP contribution < -0.4 is 4.90 Å². The summed E-state index contributed by atoms with van der Waals surface area (Å²) in [6.45, 7) is 9.71. The first-order chi connectivity index (χ1) is 11.8. The van der Waals surface area contributed by atoms with Gasteiger partial charge in [-0.1, -0.05) is 26.0 Å². The molecule has 0 aliphatic carbocycles. The number of benzene rings is 1. The van der Waals surface area contributed by atoms with Crippen LogP contribution in [-0.2, 0) is 5.41 Å². The molecule has 1 aliphatic rings. The third-order valence-corrected chi connectivity index (χ3v) is 5.11. The molecule has 3 heterocycles. The summed E-state index contributed by atoms with van der Waals surface area (Å²) in [5.74, 6) is 0.981. The van der Waals surface area contributed by atoms with Crippen LogP contribution in [-0.4, -0.2) is 28.1 Å². The Hall–Kier alpha value is -2.62. The largest absolute Gasteiger partial charge is 0.373 e. The van der Waals surface area contributed by atoms with Crippen LogP contribution in [0.3, 0.4) is 0 Å². The van der Waals surface area contributed by atoms with Crippen LogP contribution in [0.5, 0.6) is 0 Å².